The van der Waals surface area contributed by atoms with E-state index in [1.165, 1.54) is 0 Å². The van der Waals surface area contributed by atoms with E-state index in [4.69, 9.17) is 4.74 Å². The van der Waals surface area contributed by atoms with Gasteiger partial charge in [-0.05, 0) is 24.2 Å². The predicted molar refractivity (Wildman–Crippen MR) is 77.8 cm³/mol. The molecule has 19 heavy (non-hydrogen) atoms. The summed E-state index contributed by atoms with van der Waals surface area (Å²) in [6, 6.07) is -0.0119. The first-order valence-electron chi connectivity index (χ1n) is 7.42. The van der Waals surface area contributed by atoms with Crippen LogP contribution in [0.2, 0.25) is 0 Å². The molecular weight excluding hydrogens is 240 g/mol. The Labute approximate surface area is 117 Å². The summed E-state index contributed by atoms with van der Waals surface area (Å²) in [4.78, 5) is 14.5. The molecule has 0 radical (unpaired) electrons. The molecule has 4 heteroatoms. The van der Waals surface area contributed by atoms with Crippen LogP contribution in [0.1, 0.15) is 41.0 Å². The third kappa shape index (κ3) is 4.46. The second-order valence-corrected chi connectivity index (χ2v) is 6.59. The van der Waals surface area contributed by atoms with Gasteiger partial charge < -0.3 is 9.64 Å². The van der Waals surface area contributed by atoms with Crippen LogP contribution in [0.25, 0.3) is 0 Å². The van der Waals surface area contributed by atoms with E-state index in [0.29, 0.717) is 24.4 Å². The van der Waals surface area contributed by atoms with E-state index in [1.807, 2.05) is 4.90 Å². The molecule has 1 rings (SSSR count). The number of carbonyl (C=O) groups is 1. The van der Waals surface area contributed by atoms with Crippen molar-refractivity contribution >= 4 is 5.91 Å². The molecule has 0 aliphatic carbocycles. The molecule has 3 atom stereocenters. The molecule has 1 saturated heterocycles. The van der Waals surface area contributed by atoms with Crippen molar-refractivity contribution in [1.82, 2.24) is 10.2 Å². The van der Waals surface area contributed by atoms with Gasteiger partial charge in [-0.1, -0.05) is 34.6 Å². The molecule has 0 saturated carbocycles. The standard InChI is InChI=1S/C15H30N2O2/c1-10(2)7-13-15(18)17(8-12(5)9-19-6)14(16-13)11(3)4/h10-14,16H,7-9H2,1-6H3. The van der Waals surface area contributed by atoms with Crippen LogP contribution < -0.4 is 5.32 Å². The number of ether oxygens (including phenoxy) is 1. The normalized spacial score (nSPS) is 25.7. The lowest BCUT2D eigenvalue weighted by molar-refractivity contribution is -0.131. The molecular formula is C15H30N2O2. The molecule has 1 aliphatic heterocycles. The maximum Gasteiger partial charge on any atom is 0.241 e. The lowest BCUT2D eigenvalue weighted by Gasteiger charge is -2.29. The lowest BCUT2D eigenvalue weighted by Crippen LogP contribution is -2.44. The molecule has 3 unspecified atom stereocenters. The maximum atomic E-state index is 12.5. The van der Waals surface area contributed by atoms with Crippen LogP contribution >= 0.6 is 0 Å². The fourth-order valence-corrected chi connectivity index (χ4v) is 2.77. The van der Waals surface area contributed by atoms with Crippen LogP contribution in [0, 0.1) is 17.8 Å². The molecule has 1 amide bonds. The van der Waals surface area contributed by atoms with Crippen LogP contribution in [0.5, 0.6) is 0 Å². The topological polar surface area (TPSA) is 41.6 Å². The summed E-state index contributed by atoms with van der Waals surface area (Å²) in [6.45, 7) is 12.3. The second-order valence-electron chi connectivity index (χ2n) is 6.59. The van der Waals surface area contributed by atoms with Gasteiger partial charge in [-0.15, -0.1) is 0 Å². The zero-order valence-corrected chi connectivity index (χ0v) is 13.3. The molecule has 0 spiro atoms. The fourth-order valence-electron chi connectivity index (χ4n) is 2.77. The number of nitrogens with one attached hydrogen (secondary N) is 1. The highest BCUT2D eigenvalue weighted by Crippen LogP contribution is 2.22. The van der Waals surface area contributed by atoms with Gasteiger partial charge in [0, 0.05) is 13.7 Å². The first-order valence-corrected chi connectivity index (χ1v) is 7.42. The Bertz CT molecular complexity index is 292. The zero-order valence-electron chi connectivity index (χ0n) is 13.3. The monoisotopic (exact) mass is 270 g/mol. The highest BCUT2D eigenvalue weighted by molar-refractivity contribution is 5.84. The van der Waals surface area contributed by atoms with E-state index in [2.05, 4.69) is 39.9 Å². The molecule has 1 heterocycles. The minimum atomic E-state index is -0.0119. The Morgan fingerprint density at radius 1 is 1.26 bits per heavy atom. The Hall–Kier alpha value is -0.610. The molecule has 0 aromatic rings. The number of hydrogen-bond acceptors (Lipinski definition) is 3. The third-order valence-electron chi connectivity index (χ3n) is 3.59. The average Bonchev–Trinajstić information content (AvgIpc) is 2.57. The second kappa shape index (κ2) is 7.25. The largest absolute Gasteiger partial charge is 0.384 e. The molecule has 112 valence electrons. The van der Waals surface area contributed by atoms with Crippen molar-refractivity contribution < 1.29 is 9.53 Å². The van der Waals surface area contributed by atoms with E-state index < -0.39 is 0 Å². The van der Waals surface area contributed by atoms with Gasteiger partial charge in [0.05, 0.1) is 18.8 Å². The van der Waals surface area contributed by atoms with Crippen LogP contribution in [-0.4, -0.2) is 43.3 Å². The minimum absolute atomic E-state index is 0.0119. The summed E-state index contributed by atoms with van der Waals surface area (Å²) >= 11 is 0. The number of hydrogen-bond donors (Lipinski definition) is 1. The Balaban J connectivity index is 2.71. The number of methoxy groups -OCH3 is 1. The number of rotatable bonds is 7. The number of nitrogens with zero attached hydrogens (tertiary/aromatic N) is 1. The van der Waals surface area contributed by atoms with Crippen molar-refractivity contribution in [3.8, 4) is 0 Å². The third-order valence-corrected chi connectivity index (χ3v) is 3.59. The maximum absolute atomic E-state index is 12.5. The van der Waals surface area contributed by atoms with Gasteiger partial charge >= 0.3 is 0 Å². The van der Waals surface area contributed by atoms with Crippen molar-refractivity contribution in [2.24, 2.45) is 17.8 Å². The number of amides is 1. The first kappa shape index (κ1) is 16.4. The van der Waals surface area contributed by atoms with Gasteiger partial charge in [0.2, 0.25) is 5.91 Å². The summed E-state index contributed by atoms with van der Waals surface area (Å²) in [5, 5.41) is 3.50. The van der Waals surface area contributed by atoms with Crippen LogP contribution in [0.3, 0.4) is 0 Å². The molecule has 1 N–H and O–H groups in total. The highest BCUT2D eigenvalue weighted by atomic mass is 16.5. The van der Waals surface area contributed by atoms with Crippen molar-refractivity contribution in [3.05, 3.63) is 0 Å². The first-order chi connectivity index (χ1) is 8.86. The summed E-state index contributed by atoms with van der Waals surface area (Å²) < 4.78 is 5.18. The minimum Gasteiger partial charge on any atom is -0.384 e. The van der Waals surface area contributed by atoms with Crippen molar-refractivity contribution in [1.29, 1.82) is 0 Å². The Morgan fingerprint density at radius 3 is 2.37 bits per heavy atom. The molecule has 0 bridgehead atoms. The molecule has 1 aliphatic rings. The van der Waals surface area contributed by atoms with Gasteiger partial charge in [0.1, 0.15) is 0 Å². The van der Waals surface area contributed by atoms with Gasteiger partial charge in [-0.3, -0.25) is 10.1 Å². The molecule has 0 aromatic carbocycles. The summed E-state index contributed by atoms with van der Waals surface area (Å²) in [7, 11) is 1.71. The quantitative estimate of drug-likeness (QED) is 0.770. The van der Waals surface area contributed by atoms with Crippen molar-refractivity contribution in [2.45, 2.75) is 53.2 Å². The summed E-state index contributed by atoms with van der Waals surface area (Å²) in [5.74, 6) is 1.59. The van der Waals surface area contributed by atoms with Crippen LogP contribution in [0.15, 0.2) is 0 Å². The van der Waals surface area contributed by atoms with E-state index in [0.717, 1.165) is 13.0 Å². The smallest absolute Gasteiger partial charge is 0.241 e. The van der Waals surface area contributed by atoms with Crippen molar-refractivity contribution in [2.75, 3.05) is 20.3 Å². The van der Waals surface area contributed by atoms with Gasteiger partial charge in [-0.2, -0.15) is 0 Å². The van der Waals surface area contributed by atoms with Gasteiger partial charge in [0.15, 0.2) is 0 Å². The van der Waals surface area contributed by atoms with E-state index in [1.54, 1.807) is 7.11 Å². The predicted octanol–water partition coefficient (Wildman–Crippen LogP) is 2.10. The highest BCUT2D eigenvalue weighted by Gasteiger charge is 2.40. The van der Waals surface area contributed by atoms with E-state index in [9.17, 15) is 4.79 Å². The Kier molecular flexibility index (Phi) is 6.27. The van der Waals surface area contributed by atoms with Crippen molar-refractivity contribution in [3.63, 3.8) is 0 Å². The Morgan fingerprint density at radius 2 is 1.89 bits per heavy atom. The molecule has 0 aromatic heterocycles. The van der Waals surface area contributed by atoms with Crippen LogP contribution in [-0.2, 0) is 9.53 Å². The summed E-state index contributed by atoms with van der Waals surface area (Å²) in [5.41, 5.74) is 0. The van der Waals surface area contributed by atoms with E-state index >= 15 is 0 Å². The van der Waals surface area contributed by atoms with Crippen LogP contribution in [0.4, 0.5) is 0 Å². The molecule has 4 nitrogen and oxygen atoms in total. The fraction of sp³-hybridized carbons (Fsp3) is 0.933. The van der Waals surface area contributed by atoms with E-state index in [-0.39, 0.29) is 18.1 Å². The number of carbonyl (C=O) groups excluding carboxylic acids is 1. The SMILES string of the molecule is COCC(C)CN1C(=O)C(CC(C)C)NC1C(C)C. The van der Waals surface area contributed by atoms with Gasteiger partial charge in [0.25, 0.3) is 0 Å². The lowest BCUT2D eigenvalue weighted by atomic mass is 10.0. The zero-order chi connectivity index (χ0) is 14.6. The average molecular weight is 270 g/mol. The van der Waals surface area contributed by atoms with Gasteiger partial charge in [-0.25, -0.2) is 0 Å². The molecule has 1 fully saturated rings. The summed E-state index contributed by atoms with van der Waals surface area (Å²) in [6.07, 6.45) is 1.08.